The highest BCUT2D eigenvalue weighted by Crippen LogP contribution is 2.08. The zero-order valence-electron chi connectivity index (χ0n) is 20.6. The molecule has 0 bridgehead atoms. The van der Waals surface area contributed by atoms with Gasteiger partial charge in [-0.25, -0.2) is 0 Å². The van der Waals surface area contributed by atoms with Crippen LogP contribution >= 0.6 is 0 Å². The maximum absolute atomic E-state index is 5.97. The summed E-state index contributed by atoms with van der Waals surface area (Å²) in [4.78, 5) is 5.00. The summed E-state index contributed by atoms with van der Waals surface area (Å²) in [5.74, 6) is 0. The SMILES string of the molecule is COC(CN1CCNCCNCCNCC1)C(CN1CCNCCNCCNCC1)OC. The summed E-state index contributed by atoms with van der Waals surface area (Å²) >= 11 is 0. The van der Waals surface area contributed by atoms with Gasteiger partial charge in [0.25, 0.3) is 0 Å². The number of ether oxygens (including phenoxy) is 2. The molecule has 2 aliphatic rings. The van der Waals surface area contributed by atoms with E-state index in [0.717, 1.165) is 118 Å². The van der Waals surface area contributed by atoms with Crippen molar-refractivity contribution in [1.82, 2.24) is 41.7 Å². The van der Waals surface area contributed by atoms with E-state index in [1.807, 2.05) is 14.2 Å². The average Bonchev–Trinajstić information content (AvgIpc) is 2.79. The van der Waals surface area contributed by atoms with Crippen LogP contribution in [-0.4, -0.2) is 154 Å². The van der Waals surface area contributed by atoms with Gasteiger partial charge in [0.15, 0.2) is 0 Å². The lowest BCUT2D eigenvalue weighted by atomic mass is 10.1. The number of nitrogens with one attached hydrogen (secondary N) is 6. The highest BCUT2D eigenvalue weighted by molar-refractivity contribution is 4.80. The van der Waals surface area contributed by atoms with E-state index >= 15 is 0 Å². The topological polar surface area (TPSA) is 97.1 Å². The molecule has 32 heavy (non-hydrogen) atoms. The van der Waals surface area contributed by atoms with Crippen molar-refractivity contribution < 1.29 is 9.47 Å². The summed E-state index contributed by atoms with van der Waals surface area (Å²) in [6.45, 7) is 17.9. The van der Waals surface area contributed by atoms with Crippen LogP contribution in [0.2, 0.25) is 0 Å². The first kappa shape index (κ1) is 27.8. The molecule has 0 aromatic heterocycles. The van der Waals surface area contributed by atoms with Gasteiger partial charge in [-0.2, -0.15) is 0 Å². The fourth-order valence-corrected chi connectivity index (χ4v) is 4.19. The van der Waals surface area contributed by atoms with Crippen molar-refractivity contribution in [3.05, 3.63) is 0 Å². The van der Waals surface area contributed by atoms with E-state index in [-0.39, 0.29) is 12.2 Å². The molecule has 0 aliphatic carbocycles. The normalized spacial score (nSPS) is 24.9. The van der Waals surface area contributed by atoms with Gasteiger partial charge in [0.1, 0.15) is 0 Å². The molecule has 0 amide bonds. The van der Waals surface area contributed by atoms with Gasteiger partial charge in [0, 0.05) is 132 Å². The lowest BCUT2D eigenvalue weighted by Crippen LogP contribution is -2.51. The average molecular weight is 459 g/mol. The highest BCUT2D eigenvalue weighted by Gasteiger charge is 2.26. The third-order valence-electron chi connectivity index (χ3n) is 6.23. The molecule has 0 radical (unpaired) electrons. The Morgan fingerprint density at radius 3 is 0.969 bits per heavy atom. The molecule has 10 heteroatoms. The molecule has 0 aromatic rings. The second-order valence-corrected chi connectivity index (χ2v) is 8.65. The summed E-state index contributed by atoms with van der Waals surface area (Å²) in [6.07, 6.45) is 0.0853. The smallest absolute Gasteiger partial charge is 0.0971 e. The number of hydrogen-bond acceptors (Lipinski definition) is 10. The van der Waals surface area contributed by atoms with Crippen LogP contribution in [0, 0.1) is 0 Å². The standard InChI is InChI=1S/C22H50N8O2/c1-31-21(19-29-15-11-25-7-3-23-4-8-26-12-16-29)22(32-2)20-30-17-13-27-9-5-24-6-10-28-14-18-30/h21-28H,3-20H2,1-2H3. The molecular formula is C22H50N8O2. The Balaban J connectivity index is 1.87. The van der Waals surface area contributed by atoms with Crippen molar-refractivity contribution in [2.24, 2.45) is 0 Å². The fourth-order valence-electron chi connectivity index (χ4n) is 4.19. The summed E-state index contributed by atoms with van der Waals surface area (Å²) < 4.78 is 11.9. The van der Waals surface area contributed by atoms with Gasteiger partial charge in [0.2, 0.25) is 0 Å². The molecule has 2 unspecified atom stereocenters. The van der Waals surface area contributed by atoms with Crippen LogP contribution in [0.3, 0.4) is 0 Å². The molecule has 190 valence electrons. The monoisotopic (exact) mass is 458 g/mol. The minimum atomic E-state index is 0.0427. The van der Waals surface area contributed by atoms with Crippen LogP contribution in [0.5, 0.6) is 0 Å². The lowest BCUT2D eigenvalue weighted by molar-refractivity contribution is -0.0624. The number of methoxy groups -OCH3 is 2. The Morgan fingerprint density at radius 2 is 0.719 bits per heavy atom. The zero-order valence-corrected chi connectivity index (χ0v) is 20.6. The van der Waals surface area contributed by atoms with Gasteiger partial charge in [-0.15, -0.1) is 0 Å². The van der Waals surface area contributed by atoms with Crippen molar-refractivity contribution in [3.8, 4) is 0 Å². The second kappa shape index (κ2) is 19.0. The van der Waals surface area contributed by atoms with E-state index in [2.05, 4.69) is 41.7 Å². The zero-order chi connectivity index (χ0) is 22.7. The molecule has 0 saturated carbocycles. The van der Waals surface area contributed by atoms with Crippen molar-refractivity contribution in [2.45, 2.75) is 12.2 Å². The third kappa shape index (κ3) is 12.7. The van der Waals surface area contributed by atoms with Crippen molar-refractivity contribution >= 4 is 0 Å². The predicted octanol–water partition coefficient (Wildman–Crippen LogP) is -2.81. The molecular weight excluding hydrogens is 408 g/mol. The largest absolute Gasteiger partial charge is 0.377 e. The van der Waals surface area contributed by atoms with Gasteiger partial charge in [0.05, 0.1) is 12.2 Å². The van der Waals surface area contributed by atoms with Crippen LogP contribution in [0.1, 0.15) is 0 Å². The summed E-state index contributed by atoms with van der Waals surface area (Å²) in [6, 6.07) is 0. The van der Waals surface area contributed by atoms with E-state index in [4.69, 9.17) is 9.47 Å². The first-order valence-electron chi connectivity index (χ1n) is 12.6. The first-order valence-corrected chi connectivity index (χ1v) is 12.6. The molecule has 10 nitrogen and oxygen atoms in total. The van der Waals surface area contributed by atoms with Gasteiger partial charge in [-0.1, -0.05) is 0 Å². The van der Waals surface area contributed by atoms with E-state index < -0.39 is 0 Å². The van der Waals surface area contributed by atoms with Crippen LogP contribution < -0.4 is 31.9 Å². The Hall–Kier alpha value is -0.400. The highest BCUT2D eigenvalue weighted by atomic mass is 16.5. The van der Waals surface area contributed by atoms with Crippen molar-refractivity contribution in [1.29, 1.82) is 0 Å². The Bertz CT molecular complexity index is 373. The predicted molar refractivity (Wildman–Crippen MR) is 132 cm³/mol. The molecule has 0 aromatic carbocycles. The van der Waals surface area contributed by atoms with Gasteiger partial charge < -0.3 is 41.4 Å². The number of rotatable bonds is 7. The summed E-state index contributed by atoms with van der Waals surface area (Å²) in [5, 5.41) is 21.1. The fraction of sp³-hybridized carbons (Fsp3) is 1.00. The third-order valence-corrected chi connectivity index (χ3v) is 6.23. The van der Waals surface area contributed by atoms with E-state index in [1.54, 1.807) is 0 Å². The molecule has 2 rings (SSSR count). The second-order valence-electron chi connectivity index (χ2n) is 8.65. The maximum Gasteiger partial charge on any atom is 0.0971 e. The Kier molecular flexibility index (Phi) is 16.5. The first-order chi connectivity index (χ1) is 15.8. The lowest BCUT2D eigenvalue weighted by Gasteiger charge is -2.34. The molecule has 2 fully saturated rings. The molecule has 6 N–H and O–H groups in total. The Labute approximate surface area is 195 Å². The van der Waals surface area contributed by atoms with Crippen LogP contribution in [0.4, 0.5) is 0 Å². The minimum Gasteiger partial charge on any atom is -0.377 e. The Morgan fingerprint density at radius 1 is 0.469 bits per heavy atom. The molecule has 2 saturated heterocycles. The quantitative estimate of drug-likeness (QED) is 0.240. The van der Waals surface area contributed by atoms with Gasteiger partial charge >= 0.3 is 0 Å². The van der Waals surface area contributed by atoms with Crippen molar-refractivity contribution in [2.75, 3.05) is 132 Å². The van der Waals surface area contributed by atoms with E-state index in [0.29, 0.717) is 0 Å². The minimum absolute atomic E-state index is 0.0427. The molecule has 2 heterocycles. The van der Waals surface area contributed by atoms with Crippen molar-refractivity contribution in [3.63, 3.8) is 0 Å². The summed E-state index contributed by atoms with van der Waals surface area (Å²) in [5.41, 5.74) is 0. The maximum atomic E-state index is 5.97. The molecule has 0 spiro atoms. The molecule has 2 aliphatic heterocycles. The van der Waals surface area contributed by atoms with Crippen LogP contribution in [0.25, 0.3) is 0 Å². The number of nitrogens with zero attached hydrogens (tertiary/aromatic N) is 2. The van der Waals surface area contributed by atoms with Gasteiger partial charge in [-0.3, -0.25) is 9.80 Å². The van der Waals surface area contributed by atoms with E-state index in [1.165, 1.54) is 0 Å². The molecule has 2 atom stereocenters. The van der Waals surface area contributed by atoms with Gasteiger partial charge in [-0.05, 0) is 0 Å². The number of hydrogen-bond donors (Lipinski definition) is 6. The van der Waals surface area contributed by atoms with Crippen LogP contribution in [0.15, 0.2) is 0 Å². The van der Waals surface area contributed by atoms with Crippen LogP contribution in [-0.2, 0) is 9.47 Å². The summed E-state index contributed by atoms with van der Waals surface area (Å²) in [7, 11) is 3.64. The van der Waals surface area contributed by atoms with E-state index in [9.17, 15) is 0 Å².